The minimum atomic E-state index is -3.48. The van der Waals surface area contributed by atoms with E-state index in [9.17, 15) is 8.42 Å². The summed E-state index contributed by atoms with van der Waals surface area (Å²) in [7, 11) is -3.48. The Bertz CT molecular complexity index is 456. The van der Waals surface area contributed by atoms with Crippen LogP contribution in [0, 0.1) is 0 Å². The number of nitrogens with one attached hydrogen (secondary N) is 1. The van der Waals surface area contributed by atoms with Crippen molar-refractivity contribution in [2.24, 2.45) is 0 Å². The molecule has 104 valence electrons. The standard InChI is InChI=1S/C11H21N3O3S/c1-3-5-10(2)13-18(16,17)11-8-12-14(9-11)6-4-7-15/h8-10,13,15H,3-7H2,1-2H3. The Labute approximate surface area is 108 Å². The first kappa shape index (κ1) is 15.1. The molecule has 1 rings (SSSR count). The van der Waals surface area contributed by atoms with Gasteiger partial charge in [-0.3, -0.25) is 4.68 Å². The Hall–Kier alpha value is -0.920. The number of rotatable bonds is 8. The second-order valence-electron chi connectivity index (χ2n) is 4.33. The minimum Gasteiger partial charge on any atom is -0.396 e. The highest BCUT2D eigenvalue weighted by Gasteiger charge is 2.18. The van der Waals surface area contributed by atoms with Crippen LogP contribution in [0.25, 0.3) is 0 Å². The van der Waals surface area contributed by atoms with Crippen LogP contribution >= 0.6 is 0 Å². The molecule has 1 heterocycles. The summed E-state index contributed by atoms with van der Waals surface area (Å²) in [6, 6.07) is -0.0826. The number of aliphatic hydroxyl groups excluding tert-OH is 1. The van der Waals surface area contributed by atoms with Gasteiger partial charge in [0.25, 0.3) is 0 Å². The summed E-state index contributed by atoms with van der Waals surface area (Å²) in [5, 5.41) is 12.7. The highest BCUT2D eigenvalue weighted by molar-refractivity contribution is 7.89. The first-order valence-electron chi connectivity index (χ1n) is 6.15. The van der Waals surface area contributed by atoms with Crippen molar-refractivity contribution in [1.82, 2.24) is 14.5 Å². The fraction of sp³-hybridized carbons (Fsp3) is 0.727. The molecule has 0 aliphatic rings. The van der Waals surface area contributed by atoms with E-state index in [-0.39, 0.29) is 17.5 Å². The molecule has 1 aromatic rings. The van der Waals surface area contributed by atoms with E-state index in [1.54, 1.807) is 0 Å². The molecule has 0 saturated carbocycles. The number of sulfonamides is 1. The molecule has 0 saturated heterocycles. The lowest BCUT2D eigenvalue weighted by molar-refractivity contribution is 0.277. The van der Waals surface area contributed by atoms with E-state index in [1.807, 2.05) is 13.8 Å². The van der Waals surface area contributed by atoms with Gasteiger partial charge in [-0.1, -0.05) is 13.3 Å². The van der Waals surface area contributed by atoms with Gasteiger partial charge in [0.15, 0.2) is 0 Å². The van der Waals surface area contributed by atoms with Gasteiger partial charge in [0.05, 0.1) is 6.20 Å². The van der Waals surface area contributed by atoms with E-state index in [1.165, 1.54) is 17.1 Å². The summed E-state index contributed by atoms with van der Waals surface area (Å²) in [5.74, 6) is 0. The van der Waals surface area contributed by atoms with Gasteiger partial charge in [-0.05, 0) is 19.8 Å². The van der Waals surface area contributed by atoms with Crippen molar-refractivity contribution in [2.45, 2.75) is 50.6 Å². The average Bonchev–Trinajstić information content (AvgIpc) is 2.75. The molecule has 1 atom stereocenters. The lowest BCUT2D eigenvalue weighted by Crippen LogP contribution is -2.32. The summed E-state index contributed by atoms with van der Waals surface area (Å²) < 4.78 is 28.1. The molecule has 1 aromatic heterocycles. The molecule has 0 spiro atoms. The molecule has 0 fully saturated rings. The fourth-order valence-electron chi connectivity index (χ4n) is 1.66. The van der Waals surface area contributed by atoms with Crippen molar-refractivity contribution >= 4 is 10.0 Å². The van der Waals surface area contributed by atoms with Crippen LogP contribution in [-0.4, -0.2) is 36.0 Å². The Kier molecular flexibility index (Phi) is 5.77. The smallest absolute Gasteiger partial charge is 0.243 e. The third kappa shape index (κ3) is 4.40. The molecule has 0 aromatic carbocycles. The van der Waals surface area contributed by atoms with Crippen LogP contribution in [0.1, 0.15) is 33.1 Å². The Balaban J connectivity index is 2.69. The van der Waals surface area contributed by atoms with Crippen molar-refractivity contribution in [3.63, 3.8) is 0 Å². The Morgan fingerprint density at radius 1 is 1.56 bits per heavy atom. The molecule has 0 aliphatic carbocycles. The zero-order valence-electron chi connectivity index (χ0n) is 10.8. The molecular weight excluding hydrogens is 254 g/mol. The van der Waals surface area contributed by atoms with E-state index in [4.69, 9.17) is 5.11 Å². The van der Waals surface area contributed by atoms with Gasteiger partial charge in [0.1, 0.15) is 4.90 Å². The van der Waals surface area contributed by atoms with Crippen LogP contribution in [0.2, 0.25) is 0 Å². The summed E-state index contributed by atoms with van der Waals surface area (Å²) in [4.78, 5) is 0.170. The molecule has 7 heteroatoms. The van der Waals surface area contributed by atoms with Crippen molar-refractivity contribution < 1.29 is 13.5 Å². The zero-order valence-corrected chi connectivity index (χ0v) is 11.7. The van der Waals surface area contributed by atoms with Crippen LogP contribution in [0.5, 0.6) is 0 Å². The molecule has 6 nitrogen and oxygen atoms in total. The highest BCUT2D eigenvalue weighted by Crippen LogP contribution is 2.09. The highest BCUT2D eigenvalue weighted by atomic mass is 32.2. The topological polar surface area (TPSA) is 84.2 Å². The van der Waals surface area contributed by atoms with Gasteiger partial charge < -0.3 is 5.11 Å². The van der Waals surface area contributed by atoms with Crippen LogP contribution in [0.15, 0.2) is 17.3 Å². The number of aliphatic hydroxyl groups is 1. The number of aryl methyl sites for hydroxylation is 1. The van der Waals surface area contributed by atoms with Gasteiger partial charge >= 0.3 is 0 Å². The summed E-state index contributed by atoms with van der Waals surface area (Å²) >= 11 is 0. The lowest BCUT2D eigenvalue weighted by atomic mass is 10.2. The molecular formula is C11H21N3O3S. The van der Waals surface area contributed by atoms with Crippen molar-refractivity contribution in [3.8, 4) is 0 Å². The lowest BCUT2D eigenvalue weighted by Gasteiger charge is -2.11. The second-order valence-corrected chi connectivity index (χ2v) is 6.04. The van der Waals surface area contributed by atoms with Gasteiger partial charge in [0.2, 0.25) is 10.0 Å². The molecule has 2 N–H and O–H groups in total. The normalized spacial score (nSPS) is 13.7. The largest absolute Gasteiger partial charge is 0.396 e. The number of hydrogen-bond acceptors (Lipinski definition) is 4. The third-order valence-electron chi connectivity index (χ3n) is 2.54. The van der Waals surface area contributed by atoms with Gasteiger partial charge in [-0.15, -0.1) is 0 Å². The van der Waals surface area contributed by atoms with E-state index in [0.29, 0.717) is 13.0 Å². The van der Waals surface area contributed by atoms with Crippen molar-refractivity contribution in [3.05, 3.63) is 12.4 Å². The summed E-state index contributed by atoms with van der Waals surface area (Å²) in [6.07, 6.45) is 5.10. The maximum atomic E-state index is 12.0. The molecule has 0 radical (unpaired) electrons. The van der Waals surface area contributed by atoms with Crippen LogP contribution in [0.3, 0.4) is 0 Å². The number of hydrogen-bond donors (Lipinski definition) is 2. The minimum absolute atomic E-state index is 0.0632. The predicted molar refractivity (Wildman–Crippen MR) is 68.6 cm³/mol. The third-order valence-corrected chi connectivity index (χ3v) is 4.09. The molecule has 0 amide bonds. The Morgan fingerprint density at radius 2 is 2.28 bits per heavy atom. The molecule has 0 aliphatic heterocycles. The van der Waals surface area contributed by atoms with Gasteiger partial charge in [0, 0.05) is 25.4 Å². The van der Waals surface area contributed by atoms with Crippen molar-refractivity contribution in [1.29, 1.82) is 0 Å². The predicted octanol–water partition coefficient (Wildman–Crippen LogP) is 0.732. The maximum Gasteiger partial charge on any atom is 0.243 e. The van der Waals surface area contributed by atoms with E-state index >= 15 is 0 Å². The monoisotopic (exact) mass is 275 g/mol. The first-order valence-corrected chi connectivity index (χ1v) is 7.63. The van der Waals surface area contributed by atoms with Gasteiger partial charge in [-0.2, -0.15) is 5.10 Å². The maximum absolute atomic E-state index is 12.0. The van der Waals surface area contributed by atoms with Crippen LogP contribution < -0.4 is 4.72 Å². The van der Waals surface area contributed by atoms with Crippen LogP contribution in [-0.2, 0) is 16.6 Å². The van der Waals surface area contributed by atoms with Crippen molar-refractivity contribution in [2.75, 3.05) is 6.61 Å². The van der Waals surface area contributed by atoms with E-state index in [0.717, 1.165) is 12.8 Å². The van der Waals surface area contributed by atoms with E-state index < -0.39 is 10.0 Å². The molecule has 1 unspecified atom stereocenters. The SMILES string of the molecule is CCCC(C)NS(=O)(=O)c1cnn(CCCO)c1. The molecule has 0 bridgehead atoms. The average molecular weight is 275 g/mol. The number of nitrogens with zero attached hydrogens (tertiary/aromatic N) is 2. The van der Waals surface area contributed by atoms with E-state index in [2.05, 4.69) is 9.82 Å². The fourth-order valence-corrected chi connectivity index (χ4v) is 2.89. The quantitative estimate of drug-likeness (QED) is 0.732. The summed E-state index contributed by atoms with van der Waals surface area (Å²) in [6.45, 7) is 4.43. The zero-order chi connectivity index (χ0) is 13.6. The summed E-state index contributed by atoms with van der Waals surface area (Å²) in [5.41, 5.74) is 0. The van der Waals surface area contributed by atoms with Gasteiger partial charge in [-0.25, -0.2) is 13.1 Å². The first-order chi connectivity index (χ1) is 8.49. The molecule has 18 heavy (non-hydrogen) atoms. The Morgan fingerprint density at radius 3 is 2.89 bits per heavy atom. The van der Waals surface area contributed by atoms with Crippen LogP contribution in [0.4, 0.5) is 0 Å². The number of aromatic nitrogens is 2. The second kappa shape index (κ2) is 6.86.